The van der Waals surface area contributed by atoms with E-state index in [-0.39, 0.29) is 11.9 Å². The maximum absolute atomic E-state index is 11.4. The fraction of sp³-hybridized carbons (Fsp3) is 0.286. The number of methoxy groups -OCH3 is 1. The number of nitrogens with one attached hydrogen (secondary N) is 1. The van der Waals surface area contributed by atoms with Crippen molar-refractivity contribution in [3.63, 3.8) is 0 Å². The summed E-state index contributed by atoms with van der Waals surface area (Å²) in [7, 11) is 1.65. The van der Waals surface area contributed by atoms with Crippen LogP contribution in [0.4, 0.5) is 5.69 Å². The normalized spacial score (nSPS) is 16.5. The molecule has 0 fully saturated rings. The number of rotatable bonds is 5. The highest BCUT2D eigenvalue weighted by atomic mass is 16.5. The Morgan fingerprint density at radius 1 is 1.00 bits per heavy atom. The van der Waals surface area contributed by atoms with Gasteiger partial charge in [-0.25, -0.2) is 0 Å². The lowest BCUT2D eigenvalue weighted by Gasteiger charge is -2.17. The van der Waals surface area contributed by atoms with Crippen LogP contribution in [0.15, 0.2) is 54.2 Å². The smallest absolute Gasteiger partial charge is 0.163 e. The fourth-order valence-electron chi connectivity index (χ4n) is 3.51. The Kier molecular flexibility index (Phi) is 4.18. The molecular weight excluding hydrogens is 314 g/mol. The van der Waals surface area contributed by atoms with Crippen molar-refractivity contribution in [1.82, 2.24) is 0 Å². The van der Waals surface area contributed by atoms with E-state index < -0.39 is 0 Å². The van der Waals surface area contributed by atoms with Gasteiger partial charge in [-0.1, -0.05) is 24.3 Å². The largest absolute Gasteiger partial charge is 0.493 e. The second kappa shape index (κ2) is 6.63. The molecule has 2 aromatic carbocycles. The molecule has 1 N–H and O–H groups in total. The van der Waals surface area contributed by atoms with E-state index >= 15 is 0 Å². The molecule has 0 saturated heterocycles. The molecule has 25 heavy (non-hydrogen) atoms. The van der Waals surface area contributed by atoms with E-state index in [4.69, 9.17) is 9.47 Å². The topological polar surface area (TPSA) is 47.6 Å². The highest BCUT2D eigenvalue weighted by Gasteiger charge is 2.23. The molecule has 4 heteroatoms. The molecule has 0 radical (unpaired) electrons. The van der Waals surface area contributed by atoms with Crippen LogP contribution < -0.4 is 14.8 Å². The first-order chi connectivity index (χ1) is 12.2. The number of carbonyl (C=O) groups is 1. The monoisotopic (exact) mass is 335 g/mol. The third kappa shape index (κ3) is 3.38. The zero-order chi connectivity index (χ0) is 17.2. The highest BCUT2D eigenvalue weighted by Crippen LogP contribution is 2.34. The number of benzene rings is 2. The summed E-state index contributed by atoms with van der Waals surface area (Å²) in [6.45, 7) is 0. The van der Waals surface area contributed by atoms with Crippen LogP contribution in [0, 0.1) is 0 Å². The maximum Gasteiger partial charge on any atom is 0.163 e. The Bertz CT molecular complexity index is 816. The van der Waals surface area contributed by atoms with E-state index in [0.29, 0.717) is 6.42 Å². The standard InChI is InChI=1S/C21H21NO3/c1-24-20-9-7-17(22-16-6-8-18(23)12-16)13-21(20)25-19-10-14-4-2-3-5-15(14)11-19/h2-5,7,9,12-13,19,22H,6,8,10-11H2,1H3. The molecule has 0 atom stereocenters. The minimum absolute atomic E-state index is 0.119. The van der Waals surface area contributed by atoms with Gasteiger partial charge in [0.2, 0.25) is 0 Å². The average Bonchev–Trinajstić information content (AvgIpc) is 3.20. The number of carbonyl (C=O) groups excluding carboxylic acids is 1. The minimum Gasteiger partial charge on any atom is -0.493 e. The van der Waals surface area contributed by atoms with Crippen LogP contribution in [0.1, 0.15) is 24.0 Å². The molecule has 2 aromatic rings. The van der Waals surface area contributed by atoms with Crippen molar-refractivity contribution < 1.29 is 14.3 Å². The van der Waals surface area contributed by atoms with Gasteiger partial charge in [-0.2, -0.15) is 0 Å². The fourth-order valence-corrected chi connectivity index (χ4v) is 3.51. The molecule has 0 saturated carbocycles. The van der Waals surface area contributed by atoms with Crippen LogP contribution in [0.5, 0.6) is 11.5 Å². The predicted molar refractivity (Wildman–Crippen MR) is 97.2 cm³/mol. The van der Waals surface area contributed by atoms with E-state index in [0.717, 1.165) is 42.1 Å². The van der Waals surface area contributed by atoms with E-state index in [1.807, 2.05) is 18.2 Å². The molecule has 0 aliphatic heterocycles. The van der Waals surface area contributed by atoms with Crippen LogP contribution in [-0.2, 0) is 17.6 Å². The molecule has 0 unspecified atom stereocenters. The lowest BCUT2D eigenvalue weighted by atomic mass is 10.1. The average molecular weight is 335 g/mol. The van der Waals surface area contributed by atoms with E-state index in [2.05, 4.69) is 29.6 Å². The third-order valence-corrected chi connectivity index (χ3v) is 4.75. The lowest BCUT2D eigenvalue weighted by Crippen LogP contribution is -2.16. The number of ether oxygens (including phenoxy) is 2. The second-order valence-corrected chi connectivity index (χ2v) is 6.54. The number of anilines is 1. The van der Waals surface area contributed by atoms with Crippen LogP contribution in [0.2, 0.25) is 0 Å². The van der Waals surface area contributed by atoms with Crippen molar-refractivity contribution in [1.29, 1.82) is 0 Å². The van der Waals surface area contributed by atoms with Gasteiger partial charge in [0.05, 0.1) is 7.11 Å². The summed E-state index contributed by atoms with van der Waals surface area (Å²) in [6.07, 6.45) is 4.97. The van der Waals surface area contributed by atoms with Crippen LogP contribution in [0.3, 0.4) is 0 Å². The van der Waals surface area contributed by atoms with Gasteiger partial charge in [0.1, 0.15) is 6.10 Å². The molecular formula is C21H21NO3. The molecule has 0 spiro atoms. The van der Waals surface area contributed by atoms with Crippen molar-refractivity contribution in [2.75, 3.05) is 12.4 Å². The quantitative estimate of drug-likeness (QED) is 0.900. The van der Waals surface area contributed by atoms with Crippen molar-refractivity contribution >= 4 is 11.5 Å². The van der Waals surface area contributed by atoms with Gasteiger partial charge >= 0.3 is 0 Å². The number of ketones is 1. The molecule has 128 valence electrons. The Morgan fingerprint density at radius 3 is 2.40 bits per heavy atom. The summed E-state index contributed by atoms with van der Waals surface area (Å²) in [5.74, 6) is 1.63. The molecule has 4 nitrogen and oxygen atoms in total. The van der Waals surface area contributed by atoms with E-state index in [1.54, 1.807) is 13.2 Å². The zero-order valence-corrected chi connectivity index (χ0v) is 14.2. The van der Waals surface area contributed by atoms with E-state index in [9.17, 15) is 4.79 Å². The van der Waals surface area contributed by atoms with Gasteiger partial charge in [0, 0.05) is 42.8 Å². The lowest BCUT2D eigenvalue weighted by molar-refractivity contribution is -0.114. The minimum atomic E-state index is 0.119. The number of hydrogen-bond acceptors (Lipinski definition) is 4. The Morgan fingerprint density at radius 2 is 1.76 bits per heavy atom. The molecule has 2 aliphatic carbocycles. The first-order valence-corrected chi connectivity index (χ1v) is 8.63. The summed E-state index contributed by atoms with van der Waals surface area (Å²) in [6, 6.07) is 14.3. The predicted octanol–water partition coefficient (Wildman–Crippen LogP) is 3.90. The molecule has 0 heterocycles. The molecule has 4 rings (SSSR count). The SMILES string of the molecule is COc1ccc(NC2=CC(=O)CC2)cc1OC1Cc2ccccc2C1. The van der Waals surface area contributed by atoms with Gasteiger partial charge < -0.3 is 14.8 Å². The summed E-state index contributed by atoms with van der Waals surface area (Å²) in [4.78, 5) is 11.4. The molecule has 0 amide bonds. The Balaban J connectivity index is 1.51. The summed E-state index contributed by atoms with van der Waals surface area (Å²) in [5, 5.41) is 3.31. The Hall–Kier alpha value is -2.75. The van der Waals surface area contributed by atoms with Crippen LogP contribution in [0.25, 0.3) is 0 Å². The summed E-state index contributed by atoms with van der Waals surface area (Å²) >= 11 is 0. The van der Waals surface area contributed by atoms with Crippen LogP contribution in [-0.4, -0.2) is 19.0 Å². The molecule has 0 aromatic heterocycles. The summed E-state index contributed by atoms with van der Waals surface area (Å²) < 4.78 is 11.7. The third-order valence-electron chi connectivity index (χ3n) is 4.75. The van der Waals surface area contributed by atoms with Gasteiger partial charge in [-0.15, -0.1) is 0 Å². The second-order valence-electron chi connectivity index (χ2n) is 6.54. The van der Waals surface area contributed by atoms with Crippen molar-refractivity contribution in [3.05, 3.63) is 65.4 Å². The molecule has 0 bridgehead atoms. The van der Waals surface area contributed by atoms with Crippen molar-refractivity contribution in [2.45, 2.75) is 31.8 Å². The van der Waals surface area contributed by atoms with Gasteiger partial charge in [0.15, 0.2) is 17.3 Å². The summed E-state index contributed by atoms with van der Waals surface area (Å²) in [5.41, 5.74) is 4.58. The van der Waals surface area contributed by atoms with Crippen LogP contribution >= 0.6 is 0 Å². The first-order valence-electron chi connectivity index (χ1n) is 8.63. The van der Waals surface area contributed by atoms with Gasteiger partial charge in [-0.05, 0) is 29.7 Å². The van der Waals surface area contributed by atoms with Crippen molar-refractivity contribution in [2.24, 2.45) is 0 Å². The molecule has 2 aliphatic rings. The zero-order valence-electron chi connectivity index (χ0n) is 14.2. The highest BCUT2D eigenvalue weighted by molar-refractivity contribution is 5.93. The first kappa shape index (κ1) is 15.8. The van der Waals surface area contributed by atoms with Gasteiger partial charge in [-0.3, -0.25) is 4.79 Å². The number of hydrogen-bond donors (Lipinski definition) is 1. The van der Waals surface area contributed by atoms with Gasteiger partial charge in [0.25, 0.3) is 0 Å². The maximum atomic E-state index is 11.4. The number of allylic oxidation sites excluding steroid dienone is 2. The Labute approximate surface area is 147 Å². The number of fused-ring (bicyclic) bond motifs is 1. The van der Waals surface area contributed by atoms with Crippen molar-refractivity contribution in [3.8, 4) is 11.5 Å². The van der Waals surface area contributed by atoms with E-state index in [1.165, 1.54) is 11.1 Å².